The molecule has 0 aromatic carbocycles. The minimum atomic E-state index is -1.04. The molecule has 1 unspecified atom stereocenters. The fourth-order valence-electron chi connectivity index (χ4n) is 1.58. The average molecular weight is 215 g/mol. The van der Waals surface area contributed by atoms with Crippen LogP contribution in [0.15, 0.2) is 0 Å². The first-order valence-electron chi connectivity index (χ1n) is 5.08. The maximum atomic E-state index is 11.7. The molecule has 1 saturated heterocycles. The lowest BCUT2D eigenvalue weighted by Crippen LogP contribution is -2.46. The van der Waals surface area contributed by atoms with Crippen LogP contribution >= 0.6 is 0 Å². The summed E-state index contributed by atoms with van der Waals surface area (Å²) in [6.45, 7) is 2.88. The Bertz CT molecular complexity index is 237. The number of hydrogen-bond donors (Lipinski definition) is 3. The zero-order valence-corrected chi connectivity index (χ0v) is 8.61. The number of carboxylic acids is 1. The van der Waals surface area contributed by atoms with Gasteiger partial charge < -0.3 is 21.1 Å². The highest BCUT2D eigenvalue weighted by molar-refractivity contribution is 5.86. The summed E-state index contributed by atoms with van der Waals surface area (Å²) in [6, 6.07) is -0.916. The van der Waals surface area contributed by atoms with Crippen molar-refractivity contribution in [2.75, 3.05) is 26.2 Å². The molecule has 0 aliphatic carbocycles. The second-order valence-electron chi connectivity index (χ2n) is 3.63. The summed E-state index contributed by atoms with van der Waals surface area (Å²) in [5.41, 5.74) is 5.51. The van der Waals surface area contributed by atoms with Crippen LogP contribution in [0.5, 0.6) is 0 Å². The van der Waals surface area contributed by atoms with E-state index in [2.05, 4.69) is 5.32 Å². The van der Waals surface area contributed by atoms with Crippen molar-refractivity contribution in [3.63, 3.8) is 0 Å². The minimum Gasteiger partial charge on any atom is -0.481 e. The molecule has 0 aromatic heterocycles. The molecule has 4 N–H and O–H groups in total. The van der Waals surface area contributed by atoms with Crippen molar-refractivity contribution in [3.05, 3.63) is 0 Å². The Hall–Kier alpha value is -1.14. The summed E-state index contributed by atoms with van der Waals surface area (Å²) < 4.78 is 0. The van der Waals surface area contributed by atoms with Gasteiger partial charge in [0.05, 0.1) is 12.5 Å². The molecule has 1 heterocycles. The lowest BCUT2D eigenvalue weighted by Gasteiger charge is -2.22. The zero-order chi connectivity index (χ0) is 11.3. The van der Waals surface area contributed by atoms with Crippen LogP contribution in [0.3, 0.4) is 0 Å². The predicted molar refractivity (Wildman–Crippen MR) is 54.3 cm³/mol. The monoisotopic (exact) mass is 215 g/mol. The van der Waals surface area contributed by atoms with Gasteiger partial charge in [-0.05, 0) is 13.0 Å². The molecule has 6 heteroatoms. The van der Waals surface area contributed by atoms with Gasteiger partial charge in [-0.15, -0.1) is 0 Å². The second-order valence-corrected chi connectivity index (χ2v) is 3.63. The number of nitrogens with two attached hydrogens (primary N) is 1. The Morgan fingerprint density at radius 1 is 1.40 bits per heavy atom. The van der Waals surface area contributed by atoms with E-state index in [-0.39, 0.29) is 12.3 Å². The molecule has 1 atom stereocenters. The normalized spacial score (nSPS) is 19.4. The number of rotatable bonds is 3. The van der Waals surface area contributed by atoms with Crippen LogP contribution in [0, 0.1) is 0 Å². The van der Waals surface area contributed by atoms with E-state index < -0.39 is 12.0 Å². The first-order valence-corrected chi connectivity index (χ1v) is 5.08. The fourth-order valence-corrected chi connectivity index (χ4v) is 1.58. The van der Waals surface area contributed by atoms with Crippen LogP contribution in [0.4, 0.5) is 0 Å². The van der Waals surface area contributed by atoms with Crippen LogP contribution in [-0.2, 0) is 9.59 Å². The number of aliphatic carboxylic acids is 1. The fraction of sp³-hybridized carbons (Fsp3) is 0.778. The van der Waals surface area contributed by atoms with Gasteiger partial charge in [0.1, 0.15) is 0 Å². The van der Waals surface area contributed by atoms with Gasteiger partial charge in [0.15, 0.2) is 0 Å². The van der Waals surface area contributed by atoms with Gasteiger partial charge in [0.25, 0.3) is 0 Å². The molecule has 1 rings (SSSR count). The summed E-state index contributed by atoms with van der Waals surface area (Å²) in [5.74, 6) is -1.30. The van der Waals surface area contributed by atoms with Crippen LogP contribution in [0.25, 0.3) is 0 Å². The van der Waals surface area contributed by atoms with Crippen molar-refractivity contribution >= 4 is 11.9 Å². The minimum absolute atomic E-state index is 0.263. The summed E-state index contributed by atoms with van der Waals surface area (Å²) in [6.07, 6.45) is 0.578. The largest absolute Gasteiger partial charge is 0.481 e. The third-order valence-corrected chi connectivity index (χ3v) is 2.36. The topological polar surface area (TPSA) is 95.7 Å². The van der Waals surface area contributed by atoms with Gasteiger partial charge in [0.2, 0.25) is 5.91 Å². The molecule has 1 fully saturated rings. The van der Waals surface area contributed by atoms with Crippen molar-refractivity contribution in [3.8, 4) is 0 Å². The van der Waals surface area contributed by atoms with Crippen molar-refractivity contribution < 1.29 is 14.7 Å². The molecule has 0 radical (unpaired) electrons. The SMILES string of the molecule is NC(CC(=O)O)C(=O)N1CCCNCC1. The van der Waals surface area contributed by atoms with E-state index in [1.54, 1.807) is 4.90 Å². The van der Waals surface area contributed by atoms with Gasteiger partial charge in [0, 0.05) is 19.6 Å². The lowest BCUT2D eigenvalue weighted by molar-refractivity contribution is -0.141. The molecule has 15 heavy (non-hydrogen) atoms. The third-order valence-electron chi connectivity index (χ3n) is 2.36. The second kappa shape index (κ2) is 5.67. The van der Waals surface area contributed by atoms with E-state index in [4.69, 9.17) is 10.8 Å². The Morgan fingerprint density at radius 2 is 2.13 bits per heavy atom. The molecular weight excluding hydrogens is 198 g/mol. The van der Waals surface area contributed by atoms with Gasteiger partial charge in [-0.3, -0.25) is 9.59 Å². The van der Waals surface area contributed by atoms with E-state index in [0.29, 0.717) is 13.1 Å². The number of carbonyl (C=O) groups is 2. The Labute approximate surface area is 88.4 Å². The Morgan fingerprint density at radius 3 is 2.80 bits per heavy atom. The van der Waals surface area contributed by atoms with Crippen LogP contribution in [0.2, 0.25) is 0 Å². The number of carboxylic acid groups (broad SMARTS) is 1. The highest BCUT2D eigenvalue weighted by Gasteiger charge is 2.23. The van der Waals surface area contributed by atoms with E-state index in [1.807, 2.05) is 0 Å². The number of nitrogens with one attached hydrogen (secondary N) is 1. The Balaban J connectivity index is 2.46. The molecule has 1 aliphatic heterocycles. The van der Waals surface area contributed by atoms with Crippen molar-refractivity contribution in [2.24, 2.45) is 5.73 Å². The van der Waals surface area contributed by atoms with Crippen LogP contribution in [-0.4, -0.2) is 54.1 Å². The summed E-state index contributed by atoms with van der Waals surface area (Å²) in [5, 5.41) is 11.7. The number of hydrogen-bond acceptors (Lipinski definition) is 4. The summed E-state index contributed by atoms with van der Waals surface area (Å²) in [4.78, 5) is 23.7. The molecule has 1 amide bonds. The van der Waals surface area contributed by atoms with Gasteiger partial charge >= 0.3 is 5.97 Å². The van der Waals surface area contributed by atoms with E-state index >= 15 is 0 Å². The molecule has 6 nitrogen and oxygen atoms in total. The number of amides is 1. The molecule has 86 valence electrons. The van der Waals surface area contributed by atoms with Gasteiger partial charge in [-0.2, -0.15) is 0 Å². The van der Waals surface area contributed by atoms with Crippen molar-refractivity contribution in [2.45, 2.75) is 18.9 Å². The highest BCUT2D eigenvalue weighted by Crippen LogP contribution is 2.01. The number of nitrogens with zero attached hydrogens (tertiary/aromatic N) is 1. The standard InChI is InChI=1S/C9H17N3O3/c10-7(6-8(13)14)9(15)12-4-1-2-11-3-5-12/h7,11H,1-6,10H2,(H,13,14). The van der Waals surface area contributed by atoms with E-state index in [1.165, 1.54) is 0 Å². The zero-order valence-electron chi connectivity index (χ0n) is 8.61. The van der Waals surface area contributed by atoms with E-state index in [9.17, 15) is 9.59 Å². The quantitative estimate of drug-likeness (QED) is 0.538. The molecule has 0 bridgehead atoms. The highest BCUT2D eigenvalue weighted by atomic mass is 16.4. The van der Waals surface area contributed by atoms with Gasteiger partial charge in [-0.1, -0.05) is 0 Å². The predicted octanol–water partition coefficient (Wildman–Crippen LogP) is -1.39. The van der Waals surface area contributed by atoms with Crippen LogP contribution < -0.4 is 11.1 Å². The Kier molecular flexibility index (Phi) is 4.51. The molecule has 0 spiro atoms. The van der Waals surface area contributed by atoms with Gasteiger partial charge in [-0.25, -0.2) is 0 Å². The van der Waals surface area contributed by atoms with Crippen molar-refractivity contribution in [1.29, 1.82) is 0 Å². The third kappa shape index (κ3) is 3.85. The maximum absolute atomic E-state index is 11.7. The number of carbonyl (C=O) groups excluding carboxylic acids is 1. The molecule has 0 saturated carbocycles. The lowest BCUT2D eigenvalue weighted by atomic mass is 10.2. The first-order chi connectivity index (χ1) is 7.11. The first kappa shape index (κ1) is 11.9. The summed E-state index contributed by atoms with van der Waals surface area (Å²) >= 11 is 0. The van der Waals surface area contributed by atoms with E-state index in [0.717, 1.165) is 19.5 Å². The summed E-state index contributed by atoms with van der Waals surface area (Å²) in [7, 11) is 0. The maximum Gasteiger partial charge on any atom is 0.305 e. The molecule has 1 aliphatic rings. The molecule has 0 aromatic rings. The average Bonchev–Trinajstić information content (AvgIpc) is 2.43. The smallest absolute Gasteiger partial charge is 0.305 e. The molecular formula is C9H17N3O3. The van der Waals surface area contributed by atoms with Crippen LogP contribution in [0.1, 0.15) is 12.8 Å². The van der Waals surface area contributed by atoms with Crippen molar-refractivity contribution in [1.82, 2.24) is 10.2 Å².